The van der Waals surface area contributed by atoms with E-state index >= 15 is 0 Å². The first kappa shape index (κ1) is 41.7. The van der Waals surface area contributed by atoms with Crippen molar-refractivity contribution in [3.63, 3.8) is 0 Å². The molecule has 7 atom stereocenters. The largest absolute Gasteiger partial charge is 0.394 e. The van der Waals surface area contributed by atoms with E-state index in [1.165, 1.54) is 24.3 Å². The lowest BCUT2D eigenvalue weighted by Crippen LogP contribution is -2.60. The Bertz CT molecular complexity index is 1900. The van der Waals surface area contributed by atoms with E-state index in [2.05, 4.69) is 59.5 Å². The molecule has 1 aromatic carbocycles. The first-order chi connectivity index (χ1) is 26.8. The smallest absolute Gasteiger partial charge is 0.245 e. The second-order valence-corrected chi connectivity index (χ2v) is 14.9. The van der Waals surface area contributed by atoms with Crippen LogP contribution < -0.4 is 31.9 Å². The molecular weight excluding hydrogens is 745 g/mol. The molecule has 2 saturated heterocycles. The Balaban J connectivity index is 1.50. The van der Waals surface area contributed by atoms with E-state index in [0.717, 1.165) is 10.9 Å². The van der Waals surface area contributed by atoms with Gasteiger partial charge in [0, 0.05) is 54.1 Å². The van der Waals surface area contributed by atoms with Crippen LogP contribution in [0.4, 0.5) is 0 Å². The van der Waals surface area contributed by atoms with Crippen LogP contribution in [0.5, 0.6) is 0 Å². The summed E-state index contributed by atoms with van der Waals surface area (Å²) in [7, 11) is 0. The highest BCUT2D eigenvalue weighted by molar-refractivity contribution is 7.80. The molecule has 3 aromatic rings. The Hall–Kier alpha value is -5.43. The number of benzene rings is 1. The maximum Gasteiger partial charge on any atom is 0.245 e. The number of carbonyl (C=O) groups is 7. The molecule has 0 bridgehead atoms. The summed E-state index contributed by atoms with van der Waals surface area (Å²) in [5.74, 6) is -5.35. The molecule has 0 aliphatic carbocycles. The summed E-state index contributed by atoms with van der Waals surface area (Å²) < 4.78 is 0. The molecule has 2 fully saturated rings. The zero-order chi connectivity index (χ0) is 40.5. The summed E-state index contributed by atoms with van der Waals surface area (Å²) in [6.45, 7) is 4.50. The molecule has 56 heavy (non-hydrogen) atoms. The number of hydrogen-bond donors (Lipinski definition) is 10. The van der Waals surface area contributed by atoms with Gasteiger partial charge in [-0.25, -0.2) is 4.98 Å². The Morgan fingerprint density at radius 1 is 0.786 bits per heavy atom. The molecule has 0 radical (unpaired) electrons. The quantitative estimate of drug-likeness (QED) is 0.120. The van der Waals surface area contributed by atoms with Gasteiger partial charge in [0.05, 0.1) is 12.9 Å². The predicted molar refractivity (Wildman–Crippen MR) is 207 cm³/mol. The minimum absolute atomic E-state index is 0.0220. The number of aliphatic hydroxyl groups is 1. The van der Waals surface area contributed by atoms with Gasteiger partial charge >= 0.3 is 0 Å². The Labute approximate surface area is 328 Å². The van der Waals surface area contributed by atoms with E-state index in [1.807, 2.05) is 38.1 Å². The SMILES string of the molecule is CC(C)C[C@H]1NC(=O)[C@@H](Cc2cnc[nH]2)NC(=O)[C@H](CS)NC(=O)[C@H](CO)NC(=O)[C@H](C)NC(=O)[C@@H](Cc2c[nH]c3ccccc23)NC(=O)[C@@H]2CCCN2C1=O. The van der Waals surface area contributed by atoms with Gasteiger partial charge < -0.3 is 51.9 Å². The molecule has 0 unspecified atom stereocenters. The molecule has 0 spiro atoms. The zero-order valence-electron chi connectivity index (χ0n) is 31.5. The first-order valence-electron chi connectivity index (χ1n) is 18.7. The number of rotatable bonds is 8. The van der Waals surface area contributed by atoms with E-state index in [9.17, 15) is 38.7 Å². The average Bonchev–Trinajstić information content (AvgIpc) is 3.96. The molecular formula is C37H50N10O8S. The Kier molecular flexibility index (Phi) is 14.1. The van der Waals surface area contributed by atoms with Gasteiger partial charge in [-0.05, 0) is 43.7 Å². The molecule has 302 valence electrons. The third-order valence-corrected chi connectivity index (χ3v) is 10.3. The highest BCUT2D eigenvalue weighted by Crippen LogP contribution is 2.23. The van der Waals surface area contributed by atoms with Crippen LogP contribution in [0.3, 0.4) is 0 Å². The molecule has 4 heterocycles. The maximum atomic E-state index is 14.3. The topological polar surface area (TPSA) is 260 Å². The lowest BCUT2D eigenvalue weighted by Gasteiger charge is -2.31. The summed E-state index contributed by atoms with van der Waals surface area (Å²) in [4.78, 5) is 108. The molecule has 19 heteroatoms. The molecule has 2 aliphatic rings. The summed E-state index contributed by atoms with van der Waals surface area (Å²) in [6.07, 6.45) is 5.57. The van der Waals surface area contributed by atoms with Crippen LogP contribution in [0.1, 0.15) is 51.3 Å². The van der Waals surface area contributed by atoms with E-state index in [-0.39, 0.29) is 37.5 Å². The van der Waals surface area contributed by atoms with Crippen molar-refractivity contribution in [2.24, 2.45) is 5.92 Å². The molecule has 18 nitrogen and oxygen atoms in total. The third-order valence-electron chi connectivity index (χ3n) is 9.89. The molecule has 2 aromatic heterocycles. The van der Waals surface area contributed by atoms with Gasteiger partial charge in [0.2, 0.25) is 41.4 Å². The molecule has 0 saturated carbocycles. The summed E-state index contributed by atoms with van der Waals surface area (Å²) in [5, 5.41) is 26.6. The number of aromatic nitrogens is 3. The molecule has 7 amide bonds. The number of nitrogens with one attached hydrogen (secondary N) is 8. The molecule has 9 N–H and O–H groups in total. The van der Waals surface area contributed by atoms with Gasteiger partial charge in [0.15, 0.2) is 0 Å². The number of aromatic amines is 2. The van der Waals surface area contributed by atoms with Crippen molar-refractivity contribution in [2.45, 2.75) is 95.2 Å². The highest BCUT2D eigenvalue weighted by atomic mass is 32.1. The van der Waals surface area contributed by atoms with Gasteiger partial charge in [-0.1, -0.05) is 32.0 Å². The maximum absolute atomic E-state index is 14.3. The van der Waals surface area contributed by atoms with Crippen molar-refractivity contribution in [2.75, 3.05) is 18.9 Å². The number of imidazole rings is 1. The van der Waals surface area contributed by atoms with Crippen molar-refractivity contribution in [3.8, 4) is 0 Å². The Morgan fingerprint density at radius 2 is 1.41 bits per heavy atom. The molecule has 5 rings (SSSR count). The number of thiol groups is 1. The minimum atomic E-state index is -1.53. The van der Waals surface area contributed by atoms with Crippen molar-refractivity contribution < 1.29 is 38.7 Å². The van der Waals surface area contributed by atoms with Crippen LogP contribution in [-0.4, -0.2) is 128 Å². The van der Waals surface area contributed by atoms with Gasteiger partial charge in [-0.2, -0.15) is 12.6 Å². The van der Waals surface area contributed by atoms with Crippen LogP contribution in [0.15, 0.2) is 43.0 Å². The second-order valence-electron chi connectivity index (χ2n) is 14.6. The van der Waals surface area contributed by atoms with Gasteiger partial charge in [0.1, 0.15) is 42.3 Å². The average molecular weight is 795 g/mol. The fourth-order valence-electron chi connectivity index (χ4n) is 6.90. The van der Waals surface area contributed by atoms with Crippen LogP contribution in [0.25, 0.3) is 10.9 Å². The fraction of sp³-hybridized carbons (Fsp3) is 0.514. The highest BCUT2D eigenvalue weighted by Gasteiger charge is 2.40. The van der Waals surface area contributed by atoms with Gasteiger partial charge in [-0.3, -0.25) is 33.6 Å². The van der Waals surface area contributed by atoms with E-state index in [4.69, 9.17) is 0 Å². The Morgan fingerprint density at radius 3 is 2.11 bits per heavy atom. The van der Waals surface area contributed by atoms with E-state index in [0.29, 0.717) is 24.1 Å². The summed E-state index contributed by atoms with van der Waals surface area (Å²) in [5.41, 5.74) is 2.02. The number of fused-ring (bicyclic) bond motifs is 2. The van der Waals surface area contributed by atoms with Crippen molar-refractivity contribution in [1.82, 2.24) is 51.8 Å². The normalized spacial score (nSPS) is 26.4. The van der Waals surface area contributed by atoms with Crippen molar-refractivity contribution >= 4 is 64.9 Å². The van der Waals surface area contributed by atoms with Crippen LogP contribution in [0, 0.1) is 5.92 Å². The monoisotopic (exact) mass is 794 g/mol. The van der Waals surface area contributed by atoms with Crippen LogP contribution in [0.2, 0.25) is 0 Å². The summed E-state index contributed by atoms with van der Waals surface area (Å²) >= 11 is 4.22. The number of carbonyl (C=O) groups excluding carboxylic acids is 7. The number of nitrogens with zero attached hydrogens (tertiary/aromatic N) is 2. The lowest BCUT2D eigenvalue weighted by atomic mass is 10.0. The van der Waals surface area contributed by atoms with Crippen LogP contribution in [-0.2, 0) is 46.4 Å². The lowest BCUT2D eigenvalue weighted by molar-refractivity contribution is -0.143. The third kappa shape index (κ3) is 10.2. The molecule has 2 aliphatic heterocycles. The number of aliphatic hydroxyl groups excluding tert-OH is 1. The zero-order valence-corrected chi connectivity index (χ0v) is 32.4. The summed E-state index contributed by atoms with van der Waals surface area (Å²) in [6, 6.07) is -1.18. The second kappa shape index (κ2) is 18.9. The van der Waals surface area contributed by atoms with Crippen molar-refractivity contribution in [1.29, 1.82) is 0 Å². The fourth-order valence-corrected chi connectivity index (χ4v) is 7.16. The number of hydrogen-bond acceptors (Lipinski definition) is 10. The predicted octanol–water partition coefficient (Wildman–Crippen LogP) is -1.42. The van der Waals surface area contributed by atoms with Crippen molar-refractivity contribution in [3.05, 3.63) is 54.2 Å². The van der Waals surface area contributed by atoms with Crippen LogP contribution >= 0.6 is 12.6 Å². The van der Waals surface area contributed by atoms with Gasteiger partial charge in [-0.15, -0.1) is 0 Å². The minimum Gasteiger partial charge on any atom is -0.394 e. The first-order valence-corrected chi connectivity index (χ1v) is 19.3. The number of H-pyrrole nitrogens is 2. The van der Waals surface area contributed by atoms with E-state index in [1.54, 1.807) is 6.20 Å². The van der Waals surface area contributed by atoms with Gasteiger partial charge in [0.25, 0.3) is 0 Å². The number of amides is 7. The number of para-hydroxylation sites is 1. The van der Waals surface area contributed by atoms with E-state index < -0.39 is 90.3 Å². The standard InChI is InChI=1S/C37H50N10O8S/c1-19(2)11-27-37(55)47-10-6-9-30(47)36(54)43-25(12-21-14-39-24-8-5-4-7-23(21)24)32(50)41-20(3)31(49)45-28(16-48)34(52)46-29(17-56)35(53)42-26(33(51)44-27)13-22-15-38-18-40-22/h4-5,7-8,14-15,18-20,25-30,39,48,56H,6,9-13,16-17H2,1-3H3,(H,38,40)(H,41,50)(H,42,53)(H,43,54)(H,44,51)(H,45,49)(H,46,52)/t20-,25+,26+,27+,28-,29-,30-/m0/s1.